The molecule has 140 valence electrons. The van der Waals surface area contributed by atoms with Crippen LogP contribution in [0.3, 0.4) is 0 Å². The molecule has 1 aromatic carbocycles. The summed E-state index contributed by atoms with van der Waals surface area (Å²) in [6, 6.07) is 7.12. The highest BCUT2D eigenvalue weighted by atomic mass is 35.5. The summed E-state index contributed by atoms with van der Waals surface area (Å²) in [5, 5.41) is 13.8. The minimum absolute atomic E-state index is 0. The van der Waals surface area contributed by atoms with Gasteiger partial charge in [-0.1, -0.05) is 6.07 Å². The van der Waals surface area contributed by atoms with E-state index in [1.54, 1.807) is 23.1 Å². The predicted octanol–water partition coefficient (Wildman–Crippen LogP) is 0.0112. The predicted molar refractivity (Wildman–Crippen MR) is 97.1 cm³/mol. The van der Waals surface area contributed by atoms with Crippen LogP contribution in [0.4, 0.5) is 0 Å². The molecule has 1 aromatic heterocycles. The Labute approximate surface area is 157 Å². The third kappa shape index (κ3) is 4.55. The second kappa shape index (κ2) is 9.25. The summed E-state index contributed by atoms with van der Waals surface area (Å²) >= 11 is 0. The van der Waals surface area contributed by atoms with E-state index in [0.717, 1.165) is 12.8 Å². The van der Waals surface area contributed by atoms with Crippen molar-refractivity contribution in [2.45, 2.75) is 12.8 Å². The Morgan fingerprint density at radius 2 is 2.19 bits per heavy atom. The Morgan fingerprint density at radius 1 is 1.35 bits per heavy atom. The molecule has 2 aromatic rings. The molecule has 10 heteroatoms. The zero-order valence-electron chi connectivity index (χ0n) is 14.2. The molecule has 9 nitrogen and oxygen atoms in total. The average molecular weight is 380 g/mol. The van der Waals surface area contributed by atoms with Gasteiger partial charge >= 0.3 is 0 Å². The van der Waals surface area contributed by atoms with Gasteiger partial charge in [0.05, 0.1) is 11.6 Å². The molecule has 0 spiro atoms. The minimum Gasteiger partial charge on any atom is -0.355 e. The minimum atomic E-state index is -0.188. The summed E-state index contributed by atoms with van der Waals surface area (Å²) in [7, 11) is 0. The van der Waals surface area contributed by atoms with Crippen LogP contribution in [-0.2, 0) is 4.79 Å². The van der Waals surface area contributed by atoms with E-state index in [-0.39, 0.29) is 30.1 Å². The van der Waals surface area contributed by atoms with Gasteiger partial charge < -0.3 is 16.0 Å². The topological polar surface area (TPSA) is 119 Å². The lowest BCUT2D eigenvalue weighted by molar-refractivity contribution is -0.126. The van der Waals surface area contributed by atoms with Crippen molar-refractivity contribution in [3.05, 3.63) is 36.2 Å². The summed E-state index contributed by atoms with van der Waals surface area (Å²) in [4.78, 5) is 26.7. The van der Waals surface area contributed by atoms with Crippen LogP contribution in [0.15, 0.2) is 30.6 Å². The monoisotopic (exact) mass is 379 g/mol. The van der Waals surface area contributed by atoms with E-state index in [0.29, 0.717) is 37.4 Å². The number of piperidine rings is 1. The Hall–Kier alpha value is -2.52. The molecule has 1 fully saturated rings. The molecule has 1 atom stereocenters. The van der Waals surface area contributed by atoms with Gasteiger partial charge in [-0.05, 0) is 41.5 Å². The van der Waals surface area contributed by atoms with Crippen LogP contribution in [0.5, 0.6) is 0 Å². The zero-order valence-corrected chi connectivity index (χ0v) is 15.1. The van der Waals surface area contributed by atoms with Gasteiger partial charge in [-0.3, -0.25) is 9.59 Å². The molecule has 3 N–H and O–H groups in total. The molecule has 1 aliphatic heterocycles. The van der Waals surface area contributed by atoms with Gasteiger partial charge in [0.2, 0.25) is 5.91 Å². The summed E-state index contributed by atoms with van der Waals surface area (Å²) in [5.74, 6) is -0.316. The second-order valence-electron chi connectivity index (χ2n) is 5.97. The molecule has 1 aliphatic rings. The number of hydrogen-bond donors (Lipinski definition) is 2. The van der Waals surface area contributed by atoms with Crippen molar-refractivity contribution in [2.75, 3.05) is 26.2 Å². The molecule has 0 bridgehead atoms. The van der Waals surface area contributed by atoms with Crippen molar-refractivity contribution in [2.24, 2.45) is 11.7 Å². The van der Waals surface area contributed by atoms with E-state index < -0.39 is 0 Å². The maximum atomic E-state index is 12.8. The number of carbonyl (C=O) groups excluding carboxylic acids is 2. The first-order chi connectivity index (χ1) is 12.2. The van der Waals surface area contributed by atoms with Crippen molar-refractivity contribution in [3.8, 4) is 5.69 Å². The quantitative estimate of drug-likeness (QED) is 0.755. The highest BCUT2D eigenvalue weighted by Crippen LogP contribution is 2.20. The molecular formula is C16H22ClN7O2. The smallest absolute Gasteiger partial charge is 0.253 e. The Morgan fingerprint density at radius 3 is 2.92 bits per heavy atom. The molecule has 3 rings (SSSR count). The van der Waals surface area contributed by atoms with Crippen molar-refractivity contribution in [1.82, 2.24) is 30.4 Å². The number of carbonyl (C=O) groups is 2. The Kier molecular flexibility index (Phi) is 7.05. The first kappa shape index (κ1) is 19.8. The van der Waals surface area contributed by atoms with Gasteiger partial charge in [-0.15, -0.1) is 17.5 Å². The number of nitrogens with two attached hydrogens (primary N) is 1. The van der Waals surface area contributed by atoms with E-state index in [1.165, 1.54) is 11.0 Å². The second-order valence-corrected chi connectivity index (χ2v) is 5.97. The SMILES string of the molecule is Cl.NCCNC(=O)C1CCCN(C(=O)c2cccc(-n3cnnn3)c2)C1. The largest absolute Gasteiger partial charge is 0.355 e. The van der Waals surface area contributed by atoms with Crippen molar-refractivity contribution < 1.29 is 9.59 Å². The molecule has 26 heavy (non-hydrogen) atoms. The number of rotatable bonds is 5. The van der Waals surface area contributed by atoms with Crippen LogP contribution >= 0.6 is 12.4 Å². The van der Waals surface area contributed by atoms with E-state index >= 15 is 0 Å². The standard InChI is InChI=1S/C16H21N7O2.ClH/c17-6-7-18-15(24)13-4-2-8-22(10-13)16(25)12-3-1-5-14(9-12)23-11-19-20-21-23;/h1,3,5,9,11,13H,2,4,6-8,10,17H2,(H,18,24);1H. The van der Waals surface area contributed by atoms with Crippen LogP contribution in [-0.4, -0.2) is 63.1 Å². The fourth-order valence-corrected chi connectivity index (χ4v) is 2.96. The average Bonchev–Trinajstić information content (AvgIpc) is 3.20. The number of halogens is 1. The number of benzene rings is 1. The lowest BCUT2D eigenvalue weighted by atomic mass is 9.96. The highest BCUT2D eigenvalue weighted by molar-refractivity contribution is 5.95. The molecule has 0 aliphatic carbocycles. The van der Waals surface area contributed by atoms with E-state index in [2.05, 4.69) is 20.8 Å². The Balaban J connectivity index is 0.00000243. The van der Waals surface area contributed by atoms with E-state index in [1.807, 2.05) is 6.07 Å². The van der Waals surface area contributed by atoms with Gasteiger partial charge in [-0.25, -0.2) is 4.68 Å². The van der Waals surface area contributed by atoms with Crippen LogP contribution in [0.1, 0.15) is 23.2 Å². The number of hydrogen-bond acceptors (Lipinski definition) is 6. The fourth-order valence-electron chi connectivity index (χ4n) is 2.96. The molecule has 2 heterocycles. The maximum Gasteiger partial charge on any atom is 0.253 e. The zero-order chi connectivity index (χ0) is 17.6. The third-order valence-electron chi connectivity index (χ3n) is 4.23. The summed E-state index contributed by atoms with van der Waals surface area (Å²) in [6.45, 7) is 1.93. The molecule has 1 unspecified atom stereocenters. The fraction of sp³-hybridized carbons (Fsp3) is 0.438. The first-order valence-electron chi connectivity index (χ1n) is 8.29. The summed E-state index contributed by atoms with van der Waals surface area (Å²) in [5.41, 5.74) is 6.68. The molecular weight excluding hydrogens is 358 g/mol. The van der Waals surface area contributed by atoms with Crippen molar-refractivity contribution >= 4 is 24.2 Å². The van der Waals surface area contributed by atoms with Gasteiger partial charge in [0, 0.05) is 31.7 Å². The van der Waals surface area contributed by atoms with E-state index in [9.17, 15) is 9.59 Å². The maximum absolute atomic E-state index is 12.8. The van der Waals surface area contributed by atoms with Crippen LogP contribution in [0, 0.1) is 5.92 Å². The highest BCUT2D eigenvalue weighted by Gasteiger charge is 2.28. The lowest BCUT2D eigenvalue weighted by Crippen LogP contribution is -2.46. The van der Waals surface area contributed by atoms with Crippen LogP contribution < -0.4 is 11.1 Å². The summed E-state index contributed by atoms with van der Waals surface area (Å²) < 4.78 is 1.50. The van der Waals surface area contributed by atoms with Gasteiger partial charge in [0.15, 0.2) is 0 Å². The number of likely N-dealkylation sites (tertiary alicyclic amines) is 1. The van der Waals surface area contributed by atoms with Gasteiger partial charge in [0.25, 0.3) is 5.91 Å². The van der Waals surface area contributed by atoms with Crippen molar-refractivity contribution in [1.29, 1.82) is 0 Å². The number of amides is 2. The van der Waals surface area contributed by atoms with Crippen LogP contribution in [0.2, 0.25) is 0 Å². The molecule has 0 radical (unpaired) electrons. The number of aromatic nitrogens is 4. The molecule has 0 saturated carbocycles. The molecule has 2 amide bonds. The van der Waals surface area contributed by atoms with Crippen molar-refractivity contribution in [3.63, 3.8) is 0 Å². The van der Waals surface area contributed by atoms with E-state index in [4.69, 9.17) is 5.73 Å². The third-order valence-corrected chi connectivity index (χ3v) is 4.23. The van der Waals surface area contributed by atoms with Crippen LogP contribution in [0.25, 0.3) is 5.69 Å². The molecule has 1 saturated heterocycles. The number of nitrogens with zero attached hydrogens (tertiary/aromatic N) is 5. The van der Waals surface area contributed by atoms with Gasteiger partial charge in [0.1, 0.15) is 6.33 Å². The number of tetrazole rings is 1. The lowest BCUT2D eigenvalue weighted by Gasteiger charge is -2.32. The van der Waals surface area contributed by atoms with Gasteiger partial charge in [-0.2, -0.15) is 0 Å². The number of nitrogens with one attached hydrogen (secondary N) is 1. The Bertz CT molecular complexity index is 738. The summed E-state index contributed by atoms with van der Waals surface area (Å²) in [6.07, 6.45) is 3.06. The normalized spacial score (nSPS) is 16.7. The first-order valence-corrected chi connectivity index (χ1v) is 8.29.